The molecule has 2 heterocycles. The molecular weight excluding hydrogens is 523 g/mol. The van der Waals surface area contributed by atoms with Crippen molar-refractivity contribution in [2.75, 3.05) is 32.1 Å². The summed E-state index contributed by atoms with van der Waals surface area (Å²) >= 11 is 0. The Labute approximate surface area is 242 Å². The number of amides is 2. The highest BCUT2D eigenvalue weighted by molar-refractivity contribution is 5.90. The number of likely N-dealkylation sites (tertiary alicyclic amines) is 1. The van der Waals surface area contributed by atoms with Crippen molar-refractivity contribution in [2.24, 2.45) is 5.41 Å². The largest absolute Gasteiger partial charge is 0.493 e. The number of carbonyl (C=O) groups excluding carboxylic acids is 1. The standard InChI is InChI=1S/C32H43FN4O4/c1-21-8-7-9-22(2)37(21)16-17-40-30-20-27-24(19-29(30)39-6)28(12-14-34-27)41-23-10-11-26(25(33)18-23)36-31(38)35-15-13-32(3,4)5/h10-12,14,18-22H,7-9,13,15-17H2,1-6H3,(H2,35,36,38). The van der Waals surface area contributed by atoms with Crippen LogP contribution in [-0.4, -0.2) is 54.8 Å². The molecule has 2 atom stereocenters. The first-order valence-electron chi connectivity index (χ1n) is 14.4. The SMILES string of the molecule is COc1cc2c(Oc3ccc(NC(=O)NCCC(C)(C)C)c(F)c3)ccnc2cc1OCCN1C(C)CCCC1C. The van der Waals surface area contributed by atoms with Crippen molar-refractivity contribution in [3.63, 3.8) is 0 Å². The molecule has 222 valence electrons. The number of fused-ring (bicyclic) bond motifs is 1. The molecule has 0 aliphatic carbocycles. The third kappa shape index (κ3) is 8.22. The van der Waals surface area contributed by atoms with Crippen LogP contribution in [0.25, 0.3) is 10.9 Å². The van der Waals surface area contributed by atoms with Crippen LogP contribution in [0.5, 0.6) is 23.0 Å². The minimum atomic E-state index is -0.600. The van der Waals surface area contributed by atoms with E-state index in [1.54, 1.807) is 25.4 Å². The molecule has 2 N–H and O–H groups in total. The highest BCUT2D eigenvalue weighted by Gasteiger charge is 2.24. The van der Waals surface area contributed by atoms with Gasteiger partial charge in [0.05, 0.1) is 18.3 Å². The molecule has 0 bridgehead atoms. The number of urea groups is 1. The molecule has 2 amide bonds. The molecule has 1 saturated heterocycles. The normalized spacial score (nSPS) is 17.7. The first-order valence-corrected chi connectivity index (χ1v) is 14.4. The quantitative estimate of drug-likeness (QED) is 0.266. The minimum absolute atomic E-state index is 0.0713. The number of halogens is 1. The van der Waals surface area contributed by atoms with E-state index in [1.807, 2.05) is 12.1 Å². The van der Waals surface area contributed by atoms with E-state index in [-0.39, 0.29) is 16.9 Å². The molecule has 9 heteroatoms. The number of aromatic nitrogens is 1. The molecule has 41 heavy (non-hydrogen) atoms. The zero-order valence-electron chi connectivity index (χ0n) is 25.1. The van der Waals surface area contributed by atoms with E-state index < -0.39 is 11.8 Å². The van der Waals surface area contributed by atoms with E-state index in [1.165, 1.54) is 31.4 Å². The number of rotatable bonds is 10. The highest BCUT2D eigenvalue weighted by Crippen LogP contribution is 2.37. The molecule has 2 unspecified atom stereocenters. The van der Waals surface area contributed by atoms with Crippen molar-refractivity contribution < 1.29 is 23.4 Å². The lowest BCUT2D eigenvalue weighted by atomic mass is 9.92. The lowest BCUT2D eigenvalue weighted by Crippen LogP contribution is -2.45. The van der Waals surface area contributed by atoms with Crippen LogP contribution in [0, 0.1) is 11.2 Å². The summed E-state index contributed by atoms with van der Waals surface area (Å²) in [6, 6.07) is 10.4. The molecule has 1 aliphatic rings. The number of hydrogen-bond donors (Lipinski definition) is 2. The van der Waals surface area contributed by atoms with Gasteiger partial charge in [-0.15, -0.1) is 0 Å². The van der Waals surface area contributed by atoms with Crippen molar-refractivity contribution in [3.05, 3.63) is 48.4 Å². The average molecular weight is 567 g/mol. The van der Waals surface area contributed by atoms with Gasteiger partial charge in [-0.1, -0.05) is 27.2 Å². The summed E-state index contributed by atoms with van der Waals surface area (Å²) in [5, 5.41) is 6.02. The van der Waals surface area contributed by atoms with Gasteiger partial charge in [0.25, 0.3) is 0 Å². The van der Waals surface area contributed by atoms with E-state index in [4.69, 9.17) is 14.2 Å². The van der Waals surface area contributed by atoms with Crippen LogP contribution >= 0.6 is 0 Å². The van der Waals surface area contributed by atoms with Gasteiger partial charge >= 0.3 is 6.03 Å². The third-order valence-electron chi connectivity index (χ3n) is 7.55. The van der Waals surface area contributed by atoms with E-state index >= 15 is 0 Å². The third-order valence-corrected chi connectivity index (χ3v) is 7.55. The summed E-state index contributed by atoms with van der Waals surface area (Å²) in [7, 11) is 1.60. The van der Waals surface area contributed by atoms with Gasteiger partial charge in [0.15, 0.2) is 11.5 Å². The lowest BCUT2D eigenvalue weighted by Gasteiger charge is -2.38. The Morgan fingerprint density at radius 3 is 2.51 bits per heavy atom. The van der Waals surface area contributed by atoms with Crippen LogP contribution in [0.2, 0.25) is 0 Å². The van der Waals surface area contributed by atoms with Crippen molar-refractivity contribution >= 4 is 22.6 Å². The van der Waals surface area contributed by atoms with Gasteiger partial charge in [-0.05, 0) is 62.8 Å². The van der Waals surface area contributed by atoms with Gasteiger partial charge in [0.2, 0.25) is 0 Å². The van der Waals surface area contributed by atoms with Gasteiger partial charge in [-0.25, -0.2) is 9.18 Å². The average Bonchev–Trinajstić information content (AvgIpc) is 2.91. The van der Waals surface area contributed by atoms with Crippen LogP contribution in [0.4, 0.5) is 14.9 Å². The predicted octanol–water partition coefficient (Wildman–Crippen LogP) is 7.37. The molecule has 3 aromatic rings. The molecule has 1 aliphatic heterocycles. The Hall–Kier alpha value is -3.59. The molecule has 0 spiro atoms. The van der Waals surface area contributed by atoms with Gasteiger partial charge in [-0.2, -0.15) is 0 Å². The lowest BCUT2D eigenvalue weighted by molar-refractivity contribution is 0.0846. The number of anilines is 1. The summed E-state index contributed by atoms with van der Waals surface area (Å²) in [6.07, 6.45) is 6.15. The molecule has 1 fully saturated rings. The summed E-state index contributed by atoms with van der Waals surface area (Å²) < 4.78 is 32.7. The number of ether oxygens (including phenoxy) is 3. The molecule has 0 radical (unpaired) electrons. The second-order valence-electron chi connectivity index (χ2n) is 12.0. The Morgan fingerprint density at radius 2 is 1.83 bits per heavy atom. The maximum atomic E-state index is 14.8. The Kier molecular flexibility index (Phi) is 9.91. The fraction of sp³-hybridized carbons (Fsp3) is 0.500. The molecular formula is C32H43FN4O4. The molecule has 8 nitrogen and oxygen atoms in total. The van der Waals surface area contributed by atoms with E-state index in [9.17, 15) is 9.18 Å². The number of methoxy groups -OCH3 is 1. The maximum Gasteiger partial charge on any atom is 0.319 e. The predicted molar refractivity (Wildman–Crippen MR) is 161 cm³/mol. The summed E-state index contributed by atoms with van der Waals surface area (Å²) in [4.78, 5) is 19.2. The van der Waals surface area contributed by atoms with Crippen molar-refractivity contribution in [1.29, 1.82) is 0 Å². The first kappa shape index (κ1) is 30.4. The topological polar surface area (TPSA) is 85.0 Å². The zero-order chi connectivity index (χ0) is 29.6. The van der Waals surface area contributed by atoms with Crippen LogP contribution in [0.15, 0.2) is 42.6 Å². The molecule has 0 saturated carbocycles. The van der Waals surface area contributed by atoms with Crippen LogP contribution in [-0.2, 0) is 0 Å². The fourth-order valence-electron chi connectivity index (χ4n) is 5.17. The van der Waals surface area contributed by atoms with Gasteiger partial charge in [-0.3, -0.25) is 9.88 Å². The smallest absolute Gasteiger partial charge is 0.319 e. The Morgan fingerprint density at radius 1 is 1.07 bits per heavy atom. The fourth-order valence-corrected chi connectivity index (χ4v) is 5.17. The first-order chi connectivity index (χ1) is 19.5. The van der Waals surface area contributed by atoms with E-state index in [2.05, 4.69) is 55.1 Å². The van der Waals surface area contributed by atoms with E-state index in [0.717, 1.165) is 13.0 Å². The number of benzene rings is 2. The van der Waals surface area contributed by atoms with Crippen molar-refractivity contribution in [2.45, 2.75) is 72.4 Å². The van der Waals surface area contributed by atoms with Crippen LogP contribution in [0.1, 0.15) is 60.3 Å². The highest BCUT2D eigenvalue weighted by atomic mass is 19.1. The van der Waals surface area contributed by atoms with Crippen molar-refractivity contribution in [3.8, 4) is 23.0 Å². The second kappa shape index (κ2) is 13.4. The number of nitrogens with zero attached hydrogens (tertiary/aromatic N) is 2. The second-order valence-corrected chi connectivity index (χ2v) is 12.0. The molecule has 4 rings (SSSR count). The van der Waals surface area contributed by atoms with Gasteiger partial charge in [0.1, 0.15) is 23.9 Å². The molecule has 1 aromatic heterocycles. The number of nitrogens with one attached hydrogen (secondary N) is 2. The van der Waals surface area contributed by atoms with Crippen molar-refractivity contribution in [1.82, 2.24) is 15.2 Å². The summed E-state index contributed by atoms with van der Waals surface area (Å²) in [6.45, 7) is 12.7. The maximum absolute atomic E-state index is 14.8. The van der Waals surface area contributed by atoms with Crippen LogP contribution < -0.4 is 24.8 Å². The monoisotopic (exact) mass is 566 g/mol. The van der Waals surface area contributed by atoms with Gasteiger partial charge in [0, 0.05) is 48.9 Å². The summed E-state index contributed by atoms with van der Waals surface area (Å²) in [5.74, 6) is 1.37. The number of piperidine rings is 1. The van der Waals surface area contributed by atoms with Crippen LogP contribution in [0.3, 0.4) is 0 Å². The minimum Gasteiger partial charge on any atom is -0.493 e. The Balaban J connectivity index is 1.43. The number of pyridine rings is 1. The molecule has 2 aromatic carbocycles. The van der Waals surface area contributed by atoms with Gasteiger partial charge < -0.3 is 24.8 Å². The summed E-state index contributed by atoms with van der Waals surface area (Å²) in [5.41, 5.74) is 0.836. The number of carbonyl (C=O) groups is 1. The zero-order valence-corrected chi connectivity index (χ0v) is 25.1. The number of hydrogen-bond acceptors (Lipinski definition) is 6. The van der Waals surface area contributed by atoms with E-state index in [0.29, 0.717) is 53.4 Å². The Bertz CT molecular complexity index is 1330.